The van der Waals surface area contributed by atoms with Gasteiger partial charge < -0.3 is 19.6 Å². The fourth-order valence-corrected chi connectivity index (χ4v) is 2.11. The van der Waals surface area contributed by atoms with Gasteiger partial charge in [-0.05, 0) is 30.3 Å². The van der Waals surface area contributed by atoms with E-state index in [1.807, 2.05) is 0 Å². The highest BCUT2D eigenvalue weighted by atomic mass is 35.5. The number of amides is 1. The zero-order chi connectivity index (χ0) is 15.2. The molecule has 5 nitrogen and oxygen atoms in total. The Balaban J connectivity index is 1.77. The number of rotatable bonds is 6. The van der Waals surface area contributed by atoms with E-state index in [1.54, 1.807) is 30.3 Å². The average molecular weight is 330 g/mol. The van der Waals surface area contributed by atoms with Crippen LogP contribution in [0.25, 0.3) is 0 Å². The van der Waals surface area contributed by atoms with Crippen LogP contribution in [0.3, 0.4) is 0 Å². The molecule has 1 atom stereocenters. The molecule has 1 aromatic heterocycles. The molecule has 0 aliphatic carbocycles. The molecule has 0 fully saturated rings. The van der Waals surface area contributed by atoms with E-state index in [9.17, 15) is 9.90 Å². The summed E-state index contributed by atoms with van der Waals surface area (Å²) in [4.78, 5) is 11.6. The number of carbonyl (C=O) groups excluding carboxylic acids is 1. The molecule has 21 heavy (non-hydrogen) atoms. The van der Waals surface area contributed by atoms with Gasteiger partial charge in [0.05, 0.1) is 12.8 Å². The van der Waals surface area contributed by atoms with Crippen molar-refractivity contribution in [2.24, 2.45) is 0 Å². The van der Waals surface area contributed by atoms with Crippen molar-refractivity contribution in [3.8, 4) is 5.75 Å². The molecule has 0 saturated carbocycles. The van der Waals surface area contributed by atoms with Gasteiger partial charge in [0.1, 0.15) is 17.6 Å². The van der Waals surface area contributed by atoms with Crippen LogP contribution < -0.4 is 10.1 Å². The van der Waals surface area contributed by atoms with Crippen molar-refractivity contribution < 1.29 is 19.1 Å². The van der Waals surface area contributed by atoms with E-state index in [0.717, 1.165) is 0 Å². The normalized spacial score (nSPS) is 12.0. The van der Waals surface area contributed by atoms with Crippen molar-refractivity contribution in [2.45, 2.75) is 6.10 Å². The lowest BCUT2D eigenvalue weighted by molar-refractivity contribution is -0.123. The number of aliphatic hydroxyl groups is 1. The van der Waals surface area contributed by atoms with Gasteiger partial charge in [0, 0.05) is 10.0 Å². The molecule has 0 aliphatic heterocycles. The third-order valence-electron chi connectivity index (χ3n) is 2.57. The van der Waals surface area contributed by atoms with Gasteiger partial charge in [0.2, 0.25) is 0 Å². The molecular weight excluding hydrogens is 317 g/mol. The predicted molar refractivity (Wildman–Crippen MR) is 78.6 cm³/mol. The summed E-state index contributed by atoms with van der Waals surface area (Å²) >= 11 is 11.6. The van der Waals surface area contributed by atoms with Gasteiger partial charge in [0.25, 0.3) is 5.91 Å². The van der Waals surface area contributed by atoms with Gasteiger partial charge in [-0.1, -0.05) is 23.2 Å². The molecule has 0 radical (unpaired) electrons. The number of hydrogen-bond acceptors (Lipinski definition) is 4. The monoisotopic (exact) mass is 329 g/mol. The third kappa shape index (κ3) is 4.97. The minimum atomic E-state index is -0.899. The molecule has 0 saturated heterocycles. The summed E-state index contributed by atoms with van der Waals surface area (Å²) in [5, 5.41) is 13.1. The Kier molecular flexibility index (Phi) is 5.50. The first kappa shape index (κ1) is 15.7. The largest absolute Gasteiger partial charge is 0.484 e. The average Bonchev–Trinajstić information content (AvgIpc) is 2.95. The molecule has 2 rings (SSSR count). The number of hydrogen-bond donors (Lipinski definition) is 2. The number of halogens is 2. The lowest BCUT2D eigenvalue weighted by atomic mass is 10.3. The van der Waals surface area contributed by atoms with Crippen molar-refractivity contribution in [3.05, 3.63) is 52.4 Å². The second-order valence-corrected chi connectivity index (χ2v) is 5.10. The van der Waals surface area contributed by atoms with E-state index in [4.69, 9.17) is 32.4 Å². The molecule has 7 heteroatoms. The zero-order valence-corrected chi connectivity index (χ0v) is 12.4. The van der Waals surface area contributed by atoms with Crippen LogP contribution in [0.1, 0.15) is 11.9 Å². The molecule has 0 aliphatic rings. The Morgan fingerprint density at radius 2 is 2.05 bits per heavy atom. The predicted octanol–water partition coefficient (Wildman–Crippen LogP) is 2.82. The van der Waals surface area contributed by atoms with E-state index in [2.05, 4.69) is 5.32 Å². The SMILES string of the molecule is O=C(COc1cc(Cl)cc(Cl)c1)NCC(O)c1ccco1. The molecule has 1 heterocycles. The van der Waals surface area contributed by atoms with Gasteiger partial charge in [-0.25, -0.2) is 0 Å². The minimum Gasteiger partial charge on any atom is -0.484 e. The maximum absolute atomic E-state index is 11.6. The highest BCUT2D eigenvalue weighted by Gasteiger charge is 2.12. The van der Waals surface area contributed by atoms with E-state index >= 15 is 0 Å². The van der Waals surface area contributed by atoms with Gasteiger partial charge in [-0.2, -0.15) is 0 Å². The Hall–Kier alpha value is -1.69. The number of nitrogens with one attached hydrogen (secondary N) is 1. The number of furan rings is 1. The third-order valence-corrected chi connectivity index (χ3v) is 3.01. The summed E-state index contributed by atoms with van der Waals surface area (Å²) in [6, 6.07) is 7.96. The second kappa shape index (κ2) is 7.36. The van der Waals surface area contributed by atoms with E-state index in [-0.39, 0.29) is 19.1 Å². The molecule has 112 valence electrons. The lowest BCUT2D eigenvalue weighted by Crippen LogP contribution is -2.32. The van der Waals surface area contributed by atoms with E-state index in [0.29, 0.717) is 21.6 Å². The first-order valence-electron chi connectivity index (χ1n) is 6.11. The highest BCUT2D eigenvalue weighted by molar-refractivity contribution is 6.34. The molecule has 2 aromatic rings. The van der Waals surface area contributed by atoms with Crippen molar-refractivity contribution >= 4 is 29.1 Å². The number of benzene rings is 1. The molecule has 1 unspecified atom stereocenters. The maximum Gasteiger partial charge on any atom is 0.258 e. The summed E-state index contributed by atoms with van der Waals surface area (Å²) in [6.07, 6.45) is 0.552. The summed E-state index contributed by atoms with van der Waals surface area (Å²) in [5.41, 5.74) is 0. The van der Waals surface area contributed by atoms with Gasteiger partial charge in [-0.3, -0.25) is 4.79 Å². The van der Waals surface area contributed by atoms with Crippen LogP contribution in [0.15, 0.2) is 41.0 Å². The standard InChI is InChI=1S/C14H13Cl2NO4/c15-9-4-10(16)6-11(5-9)21-8-14(19)17-7-12(18)13-2-1-3-20-13/h1-6,12,18H,7-8H2,(H,17,19). The number of carbonyl (C=O) groups is 1. The van der Waals surface area contributed by atoms with Crippen molar-refractivity contribution in [3.63, 3.8) is 0 Å². The first-order valence-corrected chi connectivity index (χ1v) is 6.87. The van der Waals surface area contributed by atoms with Gasteiger partial charge >= 0.3 is 0 Å². The second-order valence-electron chi connectivity index (χ2n) is 4.23. The maximum atomic E-state index is 11.6. The quantitative estimate of drug-likeness (QED) is 0.854. The van der Waals surface area contributed by atoms with E-state index < -0.39 is 6.10 Å². The van der Waals surface area contributed by atoms with Crippen LogP contribution in [0.4, 0.5) is 0 Å². The molecular formula is C14H13Cl2NO4. The van der Waals surface area contributed by atoms with Crippen LogP contribution in [0.5, 0.6) is 5.75 Å². The minimum absolute atomic E-state index is 0.0337. The highest BCUT2D eigenvalue weighted by Crippen LogP contribution is 2.24. The lowest BCUT2D eigenvalue weighted by Gasteiger charge is -2.10. The summed E-state index contributed by atoms with van der Waals surface area (Å²) in [7, 11) is 0. The van der Waals surface area contributed by atoms with E-state index in [1.165, 1.54) is 6.26 Å². The van der Waals surface area contributed by atoms with Gasteiger partial charge in [0.15, 0.2) is 6.61 Å². The Labute approximate surface area is 131 Å². The fraction of sp³-hybridized carbons (Fsp3) is 0.214. The topological polar surface area (TPSA) is 71.7 Å². The number of aliphatic hydroxyl groups excluding tert-OH is 1. The fourth-order valence-electron chi connectivity index (χ4n) is 1.60. The zero-order valence-electron chi connectivity index (χ0n) is 10.9. The van der Waals surface area contributed by atoms with Crippen LogP contribution in [-0.4, -0.2) is 24.2 Å². The Morgan fingerprint density at radius 1 is 1.33 bits per heavy atom. The molecule has 0 spiro atoms. The Bertz CT molecular complexity index is 581. The van der Waals surface area contributed by atoms with Crippen LogP contribution in [0.2, 0.25) is 10.0 Å². The summed E-state index contributed by atoms with van der Waals surface area (Å²) < 4.78 is 10.3. The summed E-state index contributed by atoms with van der Waals surface area (Å²) in [6.45, 7) is -0.173. The van der Waals surface area contributed by atoms with Crippen molar-refractivity contribution in [1.82, 2.24) is 5.32 Å². The Morgan fingerprint density at radius 3 is 2.67 bits per heavy atom. The first-order chi connectivity index (χ1) is 10.0. The summed E-state index contributed by atoms with van der Waals surface area (Å²) in [5.74, 6) is 0.406. The molecule has 2 N–H and O–H groups in total. The van der Waals surface area contributed by atoms with Crippen LogP contribution >= 0.6 is 23.2 Å². The van der Waals surface area contributed by atoms with Gasteiger partial charge in [-0.15, -0.1) is 0 Å². The molecule has 1 aromatic carbocycles. The van der Waals surface area contributed by atoms with Crippen LogP contribution in [-0.2, 0) is 4.79 Å². The van der Waals surface area contributed by atoms with Crippen molar-refractivity contribution in [2.75, 3.05) is 13.2 Å². The number of ether oxygens (including phenoxy) is 1. The molecule has 1 amide bonds. The smallest absolute Gasteiger partial charge is 0.258 e. The van der Waals surface area contributed by atoms with Crippen LogP contribution in [0, 0.1) is 0 Å². The van der Waals surface area contributed by atoms with Crippen molar-refractivity contribution in [1.29, 1.82) is 0 Å². The molecule has 0 bridgehead atoms.